The van der Waals surface area contributed by atoms with E-state index in [-0.39, 0.29) is 6.04 Å². The summed E-state index contributed by atoms with van der Waals surface area (Å²) < 4.78 is 33.8. The van der Waals surface area contributed by atoms with Crippen molar-refractivity contribution in [3.05, 3.63) is 36.4 Å². The van der Waals surface area contributed by atoms with E-state index in [4.69, 9.17) is 4.74 Å². The summed E-state index contributed by atoms with van der Waals surface area (Å²) in [5, 5.41) is 1.56. The zero-order valence-electron chi connectivity index (χ0n) is 14.4. The standard InChI is InChI=1S/C19H25NO3S/c1-3-20(15-9-5-4-6-10-15)24(21,22)19-14-13-18(23-2)16-11-7-8-12-17(16)19/h7-8,11-15H,3-6,9-10H2,1-2H3. The second kappa shape index (κ2) is 7.11. The Morgan fingerprint density at radius 1 is 1.04 bits per heavy atom. The van der Waals surface area contributed by atoms with Gasteiger partial charge in [0.05, 0.1) is 12.0 Å². The molecule has 0 radical (unpaired) electrons. The maximum atomic E-state index is 13.4. The first kappa shape index (κ1) is 17.2. The van der Waals surface area contributed by atoms with Gasteiger partial charge in [-0.1, -0.05) is 50.5 Å². The van der Waals surface area contributed by atoms with E-state index >= 15 is 0 Å². The predicted molar refractivity (Wildman–Crippen MR) is 96.9 cm³/mol. The molecule has 1 aliphatic carbocycles. The van der Waals surface area contributed by atoms with E-state index in [2.05, 4.69) is 0 Å². The first-order chi connectivity index (χ1) is 11.6. The SMILES string of the molecule is CCN(C1CCCCC1)S(=O)(=O)c1ccc(OC)c2ccccc12. The number of nitrogens with zero attached hydrogens (tertiary/aromatic N) is 1. The molecule has 0 N–H and O–H groups in total. The first-order valence-corrected chi connectivity index (χ1v) is 10.1. The molecule has 130 valence electrons. The van der Waals surface area contributed by atoms with E-state index in [1.165, 1.54) is 6.42 Å². The van der Waals surface area contributed by atoms with Crippen LogP contribution >= 0.6 is 0 Å². The van der Waals surface area contributed by atoms with Gasteiger partial charge in [-0.15, -0.1) is 0 Å². The van der Waals surface area contributed by atoms with Gasteiger partial charge in [0.2, 0.25) is 10.0 Å². The number of methoxy groups -OCH3 is 1. The van der Waals surface area contributed by atoms with Gasteiger partial charge in [0, 0.05) is 23.4 Å². The number of sulfonamides is 1. The van der Waals surface area contributed by atoms with Gasteiger partial charge in [0.25, 0.3) is 0 Å². The van der Waals surface area contributed by atoms with E-state index in [9.17, 15) is 8.42 Å². The molecule has 1 saturated carbocycles. The molecule has 1 fully saturated rings. The molecule has 0 aromatic heterocycles. The van der Waals surface area contributed by atoms with E-state index in [0.29, 0.717) is 17.2 Å². The van der Waals surface area contributed by atoms with Gasteiger partial charge in [0.15, 0.2) is 0 Å². The van der Waals surface area contributed by atoms with Gasteiger partial charge in [-0.25, -0.2) is 8.42 Å². The van der Waals surface area contributed by atoms with Crippen LogP contribution in [0.2, 0.25) is 0 Å². The zero-order chi connectivity index (χ0) is 17.2. The minimum Gasteiger partial charge on any atom is -0.496 e. The number of fused-ring (bicyclic) bond motifs is 1. The average Bonchev–Trinajstić information content (AvgIpc) is 2.62. The molecule has 24 heavy (non-hydrogen) atoms. The van der Waals surface area contributed by atoms with Gasteiger partial charge in [-0.05, 0) is 25.0 Å². The molecular weight excluding hydrogens is 322 g/mol. The fourth-order valence-corrected chi connectivity index (χ4v) is 5.66. The fraction of sp³-hybridized carbons (Fsp3) is 0.474. The number of benzene rings is 2. The van der Waals surface area contributed by atoms with Crippen LogP contribution in [0, 0.1) is 0 Å². The molecule has 1 aliphatic rings. The Morgan fingerprint density at radius 2 is 1.71 bits per heavy atom. The van der Waals surface area contributed by atoms with Crippen molar-refractivity contribution in [1.29, 1.82) is 0 Å². The Hall–Kier alpha value is -1.59. The molecule has 4 nitrogen and oxygen atoms in total. The number of ether oxygens (including phenoxy) is 1. The van der Waals surface area contributed by atoms with Gasteiger partial charge < -0.3 is 4.74 Å². The summed E-state index contributed by atoms with van der Waals surface area (Å²) in [6.07, 6.45) is 5.35. The topological polar surface area (TPSA) is 46.6 Å². The Labute approximate surface area is 144 Å². The van der Waals surface area contributed by atoms with Crippen molar-refractivity contribution < 1.29 is 13.2 Å². The van der Waals surface area contributed by atoms with Gasteiger partial charge in [0.1, 0.15) is 5.75 Å². The van der Waals surface area contributed by atoms with Gasteiger partial charge in [-0.3, -0.25) is 0 Å². The lowest BCUT2D eigenvalue weighted by Crippen LogP contribution is -2.41. The van der Waals surface area contributed by atoms with Crippen LogP contribution < -0.4 is 4.74 Å². The molecule has 0 atom stereocenters. The van der Waals surface area contributed by atoms with Crippen LogP contribution in [0.25, 0.3) is 10.8 Å². The summed E-state index contributed by atoms with van der Waals surface area (Å²) in [4.78, 5) is 0.381. The zero-order valence-corrected chi connectivity index (χ0v) is 15.2. The molecule has 0 heterocycles. The highest BCUT2D eigenvalue weighted by molar-refractivity contribution is 7.89. The quantitative estimate of drug-likeness (QED) is 0.815. The predicted octanol–water partition coefficient (Wildman–Crippen LogP) is 4.19. The molecule has 0 aliphatic heterocycles. The third-order valence-corrected chi connectivity index (χ3v) is 7.03. The Balaban J connectivity index is 2.10. The lowest BCUT2D eigenvalue weighted by Gasteiger charge is -2.33. The molecular formula is C19H25NO3S. The summed E-state index contributed by atoms with van der Waals surface area (Å²) >= 11 is 0. The molecule has 0 amide bonds. The third kappa shape index (κ3) is 3.03. The Kier molecular flexibility index (Phi) is 5.11. The maximum Gasteiger partial charge on any atom is 0.243 e. The largest absolute Gasteiger partial charge is 0.496 e. The van der Waals surface area contributed by atoms with E-state index in [1.807, 2.05) is 31.2 Å². The van der Waals surface area contributed by atoms with Gasteiger partial charge in [-0.2, -0.15) is 4.31 Å². The van der Waals surface area contributed by atoms with E-state index in [1.54, 1.807) is 23.5 Å². The Morgan fingerprint density at radius 3 is 2.33 bits per heavy atom. The van der Waals surface area contributed by atoms with Gasteiger partial charge >= 0.3 is 0 Å². The number of rotatable bonds is 5. The third-order valence-electron chi connectivity index (χ3n) is 4.94. The lowest BCUT2D eigenvalue weighted by atomic mass is 9.95. The molecule has 2 aromatic rings. The van der Waals surface area contributed by atoms with Crippen LogP contribution in [0.3, 0.4) is 0 Å². The summed E-state index contributed by atoms with van der Waals surface area (Å²) in [5.74, 6) is 0.699. The number of hydrogen-bond acceptors (Lipinski definition) is 3. The fourth-order valence-electron chi connectivity index (χ4n) is 3.77. The van der Waals surface area contributed by atoms with Crippen molar-refractivity contribution >= 4 is 20.8 Å². The smallest absolute Gasteiger partial charge is 0.243 e. The maximum absolute atomic E-state index is 13.4. The van der Waals surface area contributed by atoms with Crippen molar-refractivity contribution in [3.63, 3.8) is 0 Å². The van der Waals surface area contributed by atoms with Crippen LogP contribution in [0.1, 0.15) is 39.0 Å². The highest BCUT2D eigenvalue weighted by Gasteiger charge is 2.32. The molecule has 5 heteroatoms. The van der Waals surface area contributed by atoms with Crippen molar-refractivity contribution in [2.45, 2.75) is 50.0 Å². The molecule has 3 rings (SSSR count). The highest BCUT2D eigenvalue weighted by Crippen LogP contribution is 2.34. The van der Waals surface area contributed by atoms with Crippen LogP contribution in [-0.2, 0) is 10.0 Å². The van der Waals surface area contributed by atoms with E-state index in [0.717, 1.165) is 36.5 Å². The monoisotopic (exact) mass is 347 g/mol. The van der Waals surface area contributed by atoms with Crippen LogP contribution in [0.4, 0.5) is 0 Å². The molecule has 0 bridgehead atoms. The normalized spacial score (nSPS) is 16.6. The highest BCUT2D eigenvalue weighted by atomic mass is 32.2. The summed E-state index contributed by atoms with van der Waals surface area (Å²) in [6.45, 7) is 2.44. The lowest BCUT2D eigenvalue weighted by molar-refractivity contribution is 0.261. The van der Waals surface area contributed by atoms with E-state index < -0.39 is 10.0 Å². The van der Waals surface area contributed by atoms with Crippen molar-refractivity contribution in [2.24, 2.45) is 0 Å². The molecule has 0 saturated heterocycles. The molecule has 0 spiro atoms. The average molecular weight is 347 g/mol. The summed E-state index contributed by atoms with van der Waals surface area (Å²) in [6, 6.07) is 11.1. The van der Waals surface area contributed by atoms with Crippen LogP contribution in [-0.4, -0.2) is 32.4 Å². The Bertz CT molecular complexity index is 810. The summed E-state index contributed by atoms with van der Waals surface area (Å²) in [5.41, 5.74) is 0. The number of hydrogen-bond donors (Lipinski definition) is 0. The van der Waals surface area contributed by atoms with Crippen LogP contribution in [0.15, 0.2) is 41.3 Å². The minimum absolute atomic E-state index is 0.120. The van der Waals surface area contributed by atoms with Crippen LogP contribution in [0.5, 0.6) is 5.75 Å². The van der Waals surface area contributed by atoms with Crippen molar-refractivity contribution in [1.82, 2.24) is 4.31 Å². The molecule has 0 unspecified atom stereocenters. The second-order valence-corrected chi connectivity index (χ2v) is 8.17. The second-order valence-electron chi connectivity index (χ2n) is 6.31. The minimum atomic E-state index is -3.52. The first-order valence-electron chi connectivity index (χ1n) is 8.67. The molecule has 2 aromatic carbocycles. The van der Waals surface area contributed by atoms with Crippen molar-refractivity contribution in [2.75, 3.05) is 13.7 Å². The van der Waals surface area contributed by atoms with Crippen molar-refractivity contribution in [3.8, 4) is 5.75 Å². The summed E-state index contributed by atoms with van der Waals surface area (Å²) in [7, 11) is -1.92.